The van der Waals surface area contributed by atoms with Gasteiger partial charge in [-0.15, -0.1) is 0 Å². The van der Waals surface area contributed by atoms with E-state index in [1.807, 2.05) is 24.4 Å². The second-order valence-corrected chi connectivity index (χ2v) is 7.36. The molecule has 1 aromatic heterocycles. The highest BCUT2D eigenvalue weighted by Gasteiger charge is 2.37. The number of benzene rings is 3. The number of hydrogen-bond donors (Lipinski definition) is 1. The van der Waals surface area contributed by atoms with Crippen molar-refractivity contribution in [2.45, 2.75) is 12.0 Å². The number of ether oxygens (including phenoxy) is 1. The highest BCUT2D eigenvalue weighted by molar-refractivity contribution is 9.10. The van der Waals surface area contributed by atoms with E-state index in [2.05, 4.69) is 98.7 Å². The van der Waals surface area contributed by atoms with E-state index in [9.17, 15) is 0 Å². The van der Waals surface area contributed by atoms with Gasteiger partial charge in [0.15, 0.2) is 0 Å². The predicted molar refractivity (Wildman–Crippen MR) is 115 cm³/mol. The number of aromatic amines is 1. The predicted octanol–water partition coefficient (Wildman–Crippen LogP) is 5.72. The lowest BCUT2D eigenvalue weighted by Gasteiger charge is -2.36. The van der Waals surface area contributed by atoms with Gasteiger partial charge in [0.2, 0.25) is 0 Å². The van der Waals surface area contributed by atoms with Crippen LogP contribution in [0.25, 0.3) is 0 Å². The topological polar surface area (TPSA) is 37.9 Å². The van der Waals surface area contributed by atoms with Gasteiger partial charge in [-0.1, -0.05) is 91.0 Å². The Morgan fingerprint density at radius 1 is 0.750 bits per heavy atom. The minimum atomic E-state index is -0.687. The van der Waals surface area contributed by atoms with Gasteiger partial charge < -0.3 is 9.72 Å². The molecule has 0 unspecified atom stereocenters. The van der Waals surface area contributed by atoms with Crippen molar-refractivity contribution in [3.05, 3.63) is 124 Å². The molecule has 0 radical (unpaired) electrons. The first-order valence-corrected chi connectivity index (χ1v) is 10.1. The quantitative estimate of drug-likeness (QED) is 0.379. The zero-order chi connectivity index (χ0) is 19.2. The molecule has 140 valence electrons. The third kappa shape index (κ3) is 3.79. The lowest BCUT2D eigenvalue weighted by Crippen LogP contribution is -2.33. The van der Waals surface area contributed by atoms with Crippen LogP contribution in [0.15, 0.2) is 102 Å². The maximum absolute atomic E-state index is 6.73. The molecular formula is C24H21BrN2O. The zero-order valence-corrected chi connectivity index (χ0v) is 17.0. The number of halogens is 1. The lowest BCUT2D eigenvalue weighted by molar-refractivity contribution is 0.0141. The van der Waals surface area contributed by atoms with Crippen LogP contribution in [0.3, 0.4) is 0 Å². The van der Waals surface area contributed by atoms with Crippen molar-refractivity contribution in [3.63, 3.8) is 0 Å². The highest BCUT2D eigenvalue weighted by atomic mass is 79.9. The number of rotatable bonds is 7. The molecule has 0 aliphatic heterocycles. The monoisotopic (exact) mass is 432 g/mol. The van der Waals surface area contributed by atoms with Crippen LogP contribution in [0.4, 0.5) is 0 Å². The Bertz CT molecular complexity index is 904. The van der Waals surface area contributed by atoms with Crippen molar-refractivity contribution in [3.8, 4) is 0 Å². The van der Waals surface area contributed by atoms with Gasteiger partial charge >= 0.3 is 0 Å². The van der Waals surface area contributed by atoms with Gasteiger partial charge in [0.05, 0.1) is 6.61 Å². The number of aromatic nitrogens is 2. The van der Waals surface area contributed by atoms with Gasteiger partial charge in [0.1, 0.15) is 16.0 Å². The van der Waals surface area contributed by atoms with Crippen LogP contribution in [-0.4, -0.2) is 16.6 Å². The summed E-state index contributed by atoms with van der Waals surface area (Å²) in [5.74, 6) is 0.898. The Hall–Kier alpha value is -2.69. The van der Waals surface area contributed by atoms with E-state index in [1.165, 1.54) is 0 Å². The average Bonchev–Trinajstić information content (AvgIpc) is 3.18. The van der Waals surface area contributed by atoms with Crippen LogP contribution in [0, 0.1) is 0 Å². The largest absolute Gasteiger partial charge is 0.360 e. The molecule has 0 saturated heterocycles. The molecule has 3 nitrogen and oxygen atoms in total. The molecule has 0 spiro atoms. The van der Waals surface area contributed by atoms with Gasteiger partial charge in [-0.3, -0.25) is 0 Å². The molecule has 1 heterocycles. The van der Waals surface area contributed by atoms with E-state index in [1.54, 1.807) is 0 Å². The van der Waals surface area contributed by atoms with Gasteiger partial charge in [-0.2, -0.15) is 0 Å². The summed E-state index contributed by atoms with van der Waals surface area (Å²) in [5.41, 5.74) is 2.63. The molecule has 0 fully saturated rings. The number of H-pyrrole nitrogens is 1. The maximum atomic E-state index is 6.73. The fourth-order valence-corrected chi connectivity index (χ4v) is 3.86. The van der Waals surface area contributed by atoms with E-state index in [-0.39, 0.29) is 0 Å². The SMILES string of the molecule is Brc1c[nH]c(CCOC(c2ccccc2)(c2ccccc2)c2ccccc2)n1. The van der Waals surface area contributed by atoms with Crippen LogP contribution in [-0.2, 0) is 16.8 Å². The molecule has 4 heteroatoms. The second-order valence-electron chi connectivity index (χ2n) is 6.55. The van der Waals surface area contributed by atoms with Gasteiger partial charge in [-0.05, 0) is 32.6 Å². The molecule has 0 aliphatic rings. The minimum Gasteiger partial charge on any atom is -0.360 e. The molecule has 1 N–H and O–H groups in total. The fourth-order valence-electron chi connectivity index (χ4n) is 3.53. The molecule has 4 aromatic rings. The average molecular weight is 433 g/mol. The summed E-state index contributed by atoms with van der Waals surface area (Å²) in [6, 6.07) is 31.2. The maximum Gasteiger partial charge on any atom is 0.143 e. The molecular weight excluding hydrogens is 412 g/mol. The summed E-state index contributed by atoms with van der Waals surface area (Å²) in [6.07, 6.45) is 2.54. The first-order chi connectivity index (χ1) is 13.8. The standard InChI is InChI=1S/C24H21BrN2O/c25-22-18-26-23(27-22)16-17-28-24(19-10-4-1-5-11-19,20-12-6-2-7-13-20)21-14-8-3-9-15-21/h1-15,18H,16-17H2,(H,26,27). The van der Waals surface area contributed by atoms with Crippen LogP contribution in [0.5, 0.6) is 0 Å². The molecule has 0 bridgehead atoms. The smallest absolute Gasteiger partial charge is 0.143 e. The first-order valence-electron chi connectivity index (χ1n) is 9.29. The van der Waals surface area contributed by atoms with Crippen molar-refractivity contribution in [2.75, 3.05) is 6.61 Å². The zero-order valence-electron chi connectivity index (χ0n) is 15.4. The van der Waals surface area contributed by atoms with Crippen molar-refractivity contribution < 1.29 is 4.74 Å². The van der Waals surface area contributed by atoms with Crippen molar-refractivity contribution in [2.24, 2.45) is 0 Å². The van der Waals surface area contributed by atoms with Crippen LogP contribution in [0.2, 0.25) is 0 Å². The Morgan fingerprint density at radius 2 is 1.21 bits per heavy atom. The molecule has 0 aliphatic carbocycles. The fraction of sp³-hybridized carbons (Fsp3) is 0.125. The lowest BCUT2D eigenvalue weighted by atomic mass is 9.80. The molecule has 28 heavy (non-hydrogen) atoms. The van der Waals surface area contributed by atoms with Crippen molar-refractivity contribution in [1.29, 1.82) is 0 Å². The summed E-state index contributed by atoms with van der Waals surface area (Å²) in [5, 5.41) is 0. The Balaban J connectivity index is 1.78. The van der Waals surface area contributed by atoms with Gasteiger partial charge in [0.25, 0.3) is 0 Å². The number of imidazole rings is 1. The summed E-state index contributed by atoms with van der Waals surface area (Å²) in [7, 11) is 0. The number of nitrogens with zero attached hydrogens (tertiary/aromatic N) is 1. The van der Waals surface area contributed by atoms with E-state index in [0.717, 1.165) is 27.1 Å². The summed E-state index contributed by atoms with van der Waals surface area (Å²) < 4.78 is 7.53. The van der Waals surface area contributed by atoms with Crippen molar-refractivity contribution >= 4 is 15.9 Å². The Morgan fingerprint density at radius 3 is 1.61 bits per heavy atom. The highest BCUT2D eigenvalue weighted by Crippen LogP contribution is 2.40. The first kappa shape index (κ1) is 18.7. The number of hydrogen-bond acceptors (Lipinski definition) is 2. The molecule has 0 saturated carbocycles. The minimum absolute atomic E-state index is 0.526. The van der Waals surface area contributed by atoms with E-state index < -0.39 is 5.60 Å². The van der Waals surface area contributed by atoms with Crippen LogP contribution < -0.4 is 0 Å². The van der Waals surface area contributed by atoms with E-state index >= 15 is 0 Å². The van der Waals surface area contributed by atoms with Crippen molar-refractivity contribution in [1.82, 2.24) is 9.97 Å². The third-order valence-electron chi connectivity index (χ3n) is 4.80. The normalized spacial score (nSPS) is 11.5. The van der Waals surface area contributed by atoms with Crippen LogP contribution >= 0.6 is 15.9 Å². The molecule has 3 aromatic carbocycles. The molecule has 0 amide bonds. The summed E-state index contributed by atoms with van der Waals surface area (Å²) in [6.45, 7) is 0.526. The van der Waals surface area contributed by atoms with Gasteiger partial charge in [-0.25, -0.2) is 4.98 Å². The molecule has 4 rings (SSSR count). The summed E-state index contributed by atoms with van der Waals surface area (Å²) in [4.78, 5) is 7.60. The molecule has 0 atom stereocenters. The van der Waals surface area contributed by atoms with E-state index in [4.69, 9.17) is 4.74 Å². The van der Waals surface area contributed by atoms with Crippen LogP contribution in [0.1, 0.15) is 22.5 Å². The van der Waals surface area contributed by atoms with E-state index in [0.29, 0.717) is 13.0 Å². The Kier molecular flexibility index (Phi) is 5.70. The van der Waals surface area contributed by atoms with Gasteiger partial charge in [0, 0.05) is 12.6 Å². The number of nitrogens with one attached hydrogen (secondary N) is 1. The third-order valence-corrected chi connectivity index (χ3v) is 5.20. The Labute approximate surface area is 173 Å². The second kappa shape index (κ2) is 8.55. The summed E-state index contributed by atoms with van der Waals surface area (Å²) >= 11 is 3.39.